The topological polar surface area (TPSA) is 18.5 Å². The molecule has 0 bridgehead atoms. The number of alkyl halides is 3. The molecule has 0 rings (SSSR count). The summed E-state index contributed by atoms with van der Waals surface area (Å²) >= 11 is 0. The number of rotatable bonds is 7. The minimum Gasteiger partial charge on any atom is -0.502 e. The molecule has 0 aliphatic heterocycles. The monoisotopic (exact) mass is 228 g/mol. The molecule has 0 aliphatic carbocycles. The largest absolute Gasteiger partial charge is 0.502 e. The van der Waals surface area contributed by atoms with Gasteiger partial charge in [0.25, 0.3) is 6.01 Å². The molecule has 88 valence electrons. The Balaban J connectivity index is 3.51. The summed E-state index contributed by atoms with van der Waals surface area (Å²) in [7, 11) is 0. The van der Waals surface area contributed by atoms with E-state index in [1.807, 2.05) is 0 Å². The minimum absolute atomic E-state index is 0.112. The van der Waals surface area contributed by atoms with Gasteiger partial charge in [0, 0.05) is 0 Å². The van der Waals surface area contributed by atoms with Crippen molar-refractivity contribution in [1.82, 2.24) is 0 Å². The second-order valence-electron chi connectivity index (χ2n) is 2.58. The highest BCUT2D eigenvalue weighted by molar-refractivity contribution is 4.89. The molecule has 15 heavy (non-hydrogen) atoms. The van der Waals surface area contributed by atoms with Crippen LogP contribution in [0.15, 0.2) is 24.9 Å². The van der Waals surface area contributed by atoms with Gasteiger partial charge in [0.2, 0.25) is 0 Å². The first-order valence-corrected chi connectivity index (χ1v) is 4.26. The number of allylic oxidation sites excluding steroid dienone is 1. The molecule has 0 aromatic heterocycles. The summed E-state index contributed by atoms with van der Waals surface area (Å²) < 4.78 is 55.9. The van der Waals surface area contributed by atoms with Crippen LogP contribution in [0.2, 0.25) is 0 Å². The van der Waals surface area contributed by atoms with Gasteiger partial charge in [0.15, 0.2) is 0 Å². The van der Waals surface area contributed by atoms with Crippen molar-refractivity contribution < 1.29 is 27.0 Å². The lowest BCUT2D eigenvalue weighted by Gasteiger charge is -2.04. The van der Waals surface area contributed by atoms with Gasteiger partial charge in [-0.05, 0) is 12.8 Å². The third-order valence-electron chi connectivity index (χ3n) is 1.29. The number of hydrogen-bond acceptors (Lipinski definition) is 2. The standard InChI is InChI=1S/C9H12F4O2/c1-2-14-5-3-4-6-15-8(10)7-9(11,12)13/h2,7H,1,3-6H2/b8-7+. The maximum Gasteiger partial charge on any atom is 0.415 e. The number of ether oxygens (including phenoxy) is 2. The average molecular weight is 228 g/mol. The first kappa shape index (κ1) is 13.8. The lowest BCUT2D eigenvalue weighted by molar-refractivity contribution is -0.0851. The zero-order chi connectivity index (χ0) is 11.7. The van der Waals surface area contributed by atoms with Crippen LogP contribution in [0.3, 0.4) is 0 Å². The molecule has 0 saturated heterocycles. The lowest BCUT2D eigenvalue weighted by atomic mass is 10.3. The molecule has 0 spiro atoms. The molecular weight excluding hydrogens is 216 g/mol. The van der Waals surface area contributed by atoms with Gasteiger partial charge >= 0.3 is 6.18 Å². The fourth-order valence-corrected chi connectivity index (χ4v) is 0.711. The highest BCUT2D eigenvalue weighted by atomic mass is 19.4. The number of halogens is 4. The maximum atomic E-state index is 12.3. The van der Waals surface area contributed by atoms with Gasteiger partial charge in [0.05, 0.1) is 25.6 Å². The molecule has 0 aromatic rings. The van der Waals surface area contributed by atoms with E-state index in [0.717, 1.165) is 0 Å². The Morgan fingerprint density at radius 1 is 1.20 bits per heavy atom. The predicted octanol–water partition coefficient (Wildman–Crippen LogP) is 3.32. The lowest BCUT2D eigenvalue weighted by Crippen LogP contribution is -2.04. The summed E-state index contributed by atoms with van der Waals surface area (Å²) in [6, 6.07) is -1.62. The number of hydrogen-bond donors (Lipinski definition) is 0. The van der Waals surface area contributed by atoms with Gasteiger partial charge < -0.3 is 9.47 Å². The van der Waals surface area contributed by atoms with Gasteiger partial charge in [-0.15, -0.1) is 0 Å². The van der Waals surface area contributed by atoms with Crippen LogP contribution >= 0.6 is 0 Å². The molecule has 0 N–H and O–H groups in total. The van der Waals surface area contributed by atoms with Gasteiger partial charge in [-0.1, -0.05) is 6.58 Å². The van der Waals surface area contributed by atoms with E-state index in [1.165, 1.54) is 6.26 Å². The SMILES string of the molecule is C=COCCCCO/C(F)=C/C(F)(F)F. The third-order valence-corrected chi connectivity index (χ3v) is 1.29. The van der Waals surface area contributed by atoms with Crippen molar-refractivity contribution in [3.63, 3.8) is 0 Å². The van der Waals surface area contributed by atoms with Crippen LogP contribution < -0.4 is 0 Å². The summed E-state index contributed by atoms with van der Waals surface area (Å²) in [4.78, 5) is 0. The Morgan fingerprint density at radius 2 is 1.80 bits per heavy atom. The van der Waals surface area contributed by atoms with Crippen molar-refractivity contribution in [3.8, 4) is 0 Å². The van der Waals surface area contributed by atoms with E-state index in [9.17, 15) is 17.6 Å². The van der Waals surface area contributed by atoms with Crippen LogP contribution in [0.5, 0.6) is 0 Å². The van der Waals surface area contributed by atoms with E-state index in [1.54, 1.807) is 0 Å². The van der Waals surface area contributed by atoms with Crippen LogP contribution in [-0.2, 0) is 9.47 Å². The van der Waals surface area contributed by atoms with E-state index in [0.29, 0.717) is 19.4 Å². The van der Waals surface area contributed by atoms with E-state index >= 15 is 0 Å². The molecule has 0 atom stereocenters. The van der Waals surface area contributed by atoms with Crippen LogP contribution in [0.4, 0.5) is 17.6 Å². The van der Waals surface area contributed by atoms with Gasteiger partial charge in [-0.25, -0.2) is 0 Å². The Hall–Kier alpha value is -1.20. The molecule has 0 amide bonds. The fourth-order valence-electron chi connectivity index (χ4n) is 0.711. The van der Waals surface area contributed by atoms with Crippen molar-refractivity contribution >= 4 is 0 Å². The van der Waals surface area contributed by atoms with Crippen molar-refractivity contribution in [2.45, 2.75) is 19.0 Å². The van der Waals surface area contributed by atoms with Crippen LogP contribution in [-0.4, -0.2) is 19.4 Å². The molecule has 0 saturated carbocycles. The molecule has 0 unspecified atom stereocenters. The normalized spacial score (nSPS) is 12.4. The molecule has 0 heterocycles. The van der Waals surface area contributed by atoms with Gasteiger partial charge in [-0.2, -0.15) is 17.6 Å². The summed E-state index contributed by atoms with van der Waals surface area (Å²) in [5.74, 6) is 0. The summed E-state index contributed by atoms with van der Waals surface area (Å²) in [6.07, 6.45) is -2.98. The second-order valence-corrected chi connectivity index (χ2v) is 2.58. The summed E-state index contributed by atoms with van der Waals surface area (Å²) in [5.41, 5.74) is 0. The average Bonchev–Trinajstić information content (AvgIpc) is 2.08. The van der Waals surface area contributed by atoms with E-state index in [-0.39, 0.29) is 6.61 Å². The fraction of sp³-hybridized carbons (Fsp3) is 0.556. The molecule has 0 radical (unpaired) electrons. The Morgan fingerprint density at radius 3 is 2.33 bits per heavy atom. The van der Waals surface area contributed by atoms with Crippen molar-refractivity contribution in [1.29, 1.82) is 0 Å². The smallest absolute Gasteiger partial charge is 0.415 e. The summed E-state index contributed by atoms with van der Waals surface area (Å²) in [6.45, 7) is 3.57. The molecule has 0 fully saturated rings. The highest BCUT2D eigenvalue weighted by Gasteiger charge is 2.25. The maximum absolute atomic E-state index is 12.3. The Labute approximate surface area is 85.2 Å². The van der Waals surface area contributed by atoms with Gasteiger partial charge in [0.1, 0.15) is 0 Å². The number of unbranched alkanes of at least 4 members (excludes halogenated alkanes) is 1. The zero-order valence-corrected chi connectivity index (χ0v) is 8.02. The minimum atomic E-state index is -4.68. The quantitative estimate of drug-likeness (QED) is 0.378. The Bertz CT molecular complexity index is 211. The van der Waals surface area contributed by atoms with E-state index in [4.69, 9.17) is 4.74 Å². The molecular formula is C9H12F4O2. The summed E-state index contributed by atoms with van der Waals surface area (Å²) in [5, 5.41) is 0. The zero-order valence-electron chi connectivity index (χ0n) is 8.02. The van der Waals surface area contributed by atoms with Crippen LogP contribution in [0.25, 0.3) is 0 Å². The Kier molecular flexibility index (Phi) is 6.57. The molecule has 0 aromatic carbocycles. The van der Waals surface area contributed by atoms with Crippen molar-refractivity contribution in [2.75, 3.05) is 13.2 Å². The first-order valence-electron chi connectivity index (χ1n) is 4.26. The van der Waals surface area contributed by atoms with Crippen molar-refractivity contribution in [3.05, 3.63) is 24.9 Å². The second kappa shape index (κ2) is 7.14. The van der Waals surface area contributed by atoms with Crippen LogP contribution in [0, 0.1) is 0 Å². The third kappa shape index (κ3) is 10.7. The van der Waals surface area contributed by atoms with E-state index in [2.05, 4.69) is 11.3 Å². The van der Waals surface area contributed by atoms with Crippen LogP contribution in [0.1, 0.15) is 12.8 Å². The van der Waals surface area contributed by atoms with Gasteiger partial charge in [-0.3, -0.25) is 0 Å². The first-order chi connectivity index (χ1) is 6.95. The molecule has 0 aliphatic rings. The molecule has 6 heteroatoms. The van der Waals surface area contributed by atoms with Crippen molar-refractivity contribution in [2.24, 2.45) is 0 Å². The van der Waals surface area contributed by atoms with E-state index < -0.39 is 18.3 Å². The molecule has 2 nitrogen and oxygen atoms in total. The predicted molar refractivity (Wildman–Crippen MR) is 46.6 cm³/mol. The highest BCUT2D eigenvalue weighted by Crippen LogP contribution is 2.19.